The molecule has 0 radical (unpaired) electrons. The first-order valence-electron chi connectivity index (χ1n) is 5.76. The van der Waals surface area contributed by atoms with Crippen LogP contribution in [0.4, 0.5) is 5.69 Å². The number of nitrogens with two attached hydrogens (primary N) is 1. The van der Waals surface area contributed by atoms with Crippen LogP contribution in [0.3, 0.4) is 0 Å². The second-order valence-corrected chi connectivity index (χ2v) is 4.14. The van der Waals surface area contributed by atoms with Crippen LogP contribution in [0.15, 0.2) is 24.3 Å². The van der Waals surface area contributed by atoms with Gasteiger partial charge in [-0.2, -0.15) is 0 Å². The molecular formula is C13H20N2O. The van der Waals surface area contributed by atoms with Crippen molar-refractivity contribution in [2.75, 3.05) is 5.32 Å². The van der Waals surface area contributed by atoms with Crippen molar-refractivity contribution in [1.29, 1.82) is 0 Å². The number of hydrogen-bond donors (Lipinski definition) is 2. The first-order chi connectivity index (χ1) is 7.63. The van der Waals surface area contributed by atoms with Crippen molar-refractivity contribution in [2.24, 2.45) is 5.73 Å². The molecule has 88 valence electrons. The van der Waals surface area contributed by atoms with Gasteiger partial charge in [0.15, 0.2) is 0 Å². The normalized spacial score (nSPS) is 12.2. The molecule has 0 aromatic heterocycles. The smallest absolute Gasteiger partial charge is 0.225 e. The number of anilines is 1. The van der Waals surface area contributed by atoms with Crippen LogP contribution in [0.5, 0.6) is 0 Å². The number of amides is 1. The third-order valence-electron chi connectivity index (χ3n) is 2.32. The summed E-state index contributed by atoms with van der Waals surface area (Å²) >= 11 is 0. The summed E-state index contributed by atoms with van der Waals surface area (Å²) in [6.07, 6.45) is 2.41. The van der Waals surface area contributed by atoms with Crippen LogP contribution in [0, 0.1) is 0 Å². The van der Waals surface area contributed by atoms with Gasteiger partial charge in [0, 0.05) is 18.2 Å². The Kier molecular flexibility index (Phi) is 4.99. The number of nitrogens with one attached hydrogen (secondary N) is 1. The van der Waals surface area contributed by atoms with Crippen molar-refractivity contribution in [2.45, 2.75) is 39.2 Å². The highest BCUT2D eigenvalue weighted by Gasteiger charge is 2.07. The van der Waals surface area contributed by atoms with E-state index in [0.29, 0.717) is 6.42 Å². The fourth-order valence-corrected chi connectivity index (χ4v) is 1.62. The lowest BCUT2D eigenvalue weighted by Crippen LogP contribution is -2.24. The summed E-state index contributed by atoms with van der Waals surface area (Å²) in [5, 5.41) is 2.91. The first kappa shape index (κ1) is 12.7. The van der Waals surface area contributed by atoms with Gasteiger partial charge in [-0.3, -0.25) is 4.79 Å². The lowest BCUT2D eigenvalue weighted by molar-refractivity contribution is -0.116. The van der Waals surface area contributed by atoms with E-state index in [4.69, 9.17) is 5.73 Å². The van der Waals surface area contributed by atoms with Crippen LogP contribution in [-0.4, -0.2) is 11.9 Å². The molecule has 16 heavy (non-hydrogen) atoms. The summed E-state index contributed by atoms with van der Waals surface area (Å²) in [4.78, 5) is 11.6. The van der Waals surface area contributed by atoms with Crippen molar-refractivity contribution in [3.63, 3.8) is 0 Å². The zero-order valence-corrected chi connectivity index (χ0v) is 9.99. The van der Waals surface area contributed by atoms with Crippen LogP contribution in [0.25, 0.3) is 0 Å². The Morgan fingerprint density at radius 1 is 1.44 bits per heavy atom. The molecule has 1 unspecified atom stereocenters. The quantitative estimate of drug-likeness (QED) is 0.800. The van der Waals surface area contributed by atoms with Gasteiger partial charge in [-0.15, -0.1) is 0 Å². The van der Waals surface area contributed by atoms with Crippen LogP contribution in [-0.2, 0) is 11.2 Å². The molecule has 1 amide bonds. The maximum absolute atomic E-state index is 11.6. The Balaban J connectivity index is 2.68. The van der Waals surface area contributed by atoms with E-state index in [1.165, 1.54) is 5.56 Å². The maximum Gasteiger partial charge on any atom is 0.225 e. The lowest BCUT2D eigenvalue weighted by Gasteiger charge is -2.11. The summed E-state index contributed by atoms with van der Waals surface area (Å²) in [6.45, 7) is 3.96. The third-order valence-corrected chi connectivity index (χ3v) is 2.32. The molecule has 0 saturated carbocycles. The number of carbonyl (C=O) groups is 1. The number of benzene rings is 1. The summed E-state index contributed by atoms with van der Waals surface area (Å²) in [5.41, 5.74) is 7.68. The number of carbonyl (C=O) groups excluding carboxylic acids is 1. The SMILES string of the molecule is CCCc1ccccc1NC(=O)CC(C)N. The highest BCUT2D eigenvalue weighted by Crippen LogP contribution is 2.16. The number of rotatable bonds is 5. The molecule has 1 aromatic rings. The minimum absolute atomic E-state index is 0.0152. The predicted molar refractivity (Wildman–Crippen MR) is 67.3 cm³/mol. The molecule has 1 aromatic carbocycles. The van der Waals surface area contributed by atoms with Crippen molar-refractivity contribution >= 4 is 11.6 Å². The third kappa shape index (κ3) is 4.03. The molecule has 3 N–H and O–H groups in total. The Morgan fingerprint density at radius 3 is 2.75 bits per heavy atom. The van der Waals surface area contributed by atoms with Crippen LogP contribution >= 0.6 is 0 Å². The van der Waals surface area contributed by atoms with Gasteiger partial charge in [0.1, 0.15) is 0 Å². The molecule has 0 saturated heterocycles. The van der Waals surface area contributed by atoms with Crippen LogP contribution in [0.1, 0.15) is 32.3 Å². The molecule has 0 bridgehead atoms. The van der Waals surface area contributed by atoms with Crippen molar-refractivity contribution < 1.29 is 4.79 Å². The Hall–Kier alpha value is -1.35. The zero-order chi connectivity index (χ0) is 12.0. The standard InChI is InChI=1S/C13H20N2O/c1-3-6-11-7-4-5-8-12(11)15-13(16)9-10(2)14/h4-5,7-8,10H,3,6,9,14H2,1-2H3,(H,15,16). The zero-order valence-electron chi connectivity index (χ0n) is 9.99. The van der Waals surface area contributed by atoms with Gasteiger partial charge in [-0.25, -0.2) is 0 Å². The highest BCUT2D eigenvalue weighted by molar-refractivity contribution is 5.91. The summed E-state index contributed by atoms with van der Waals surface area (Å²) < 4.78 is 0. The summed E-state index contributed by atoms with van der Waals surface area (Å²) in [6, 6.07) is 7.81. The average molecular weight is 220 g/mol. The summed E-state index contributed by atoms with van der Waals surface area (Å²) in [5.74, 6) is -0.0152. The number of aryl methyl sites for hydroxylation is 1. The van der Waals surface area contributed by atoms with E-state index in [1.807, 2.05) is 31.2 Å². The van der Waals surface area contributed by atoms with E-state index in [9.17, 15) is 4.79 Å². The molecule has 0 aliphatic rings. The molecule has 0 aliphatic carbocycles. The number of hydrogen-bond acceptors (Lipinski definition) is 2. The van der Waals surface area contributed by atoms with E-state index >= 15 is 0 Å². The van der Waals surface area contributed by atoms with Crippen molar-refractivity contribution in [1.82, 2.24) is 0 Å². The van der Waals surface area contributed by atoms with Crippen LogP contribution < -0.4 is 11.1 Å². The van der Waals surface area contributed by atoms with E-state index in [1.54, 1.807) is 0 Å². The van der Waals surface area contributed by atoms with Gasteiger partial charge in [-0.1, -0.05) is 31.5 Å². The molecule has 0 fully saturated rings. The Morgan fingerprint density at radius 2 is 2.12 bits per heavy atom. The monoisotopic (exact) mass is 220 g/mol. The molecule has 0 aliphatic heterocycles. The molecule has 0 spiro atoms. The number of para-hydroxylation sites is 1. The topological polar surface area (TPSA) is 55.1 Å². The largest absolute Gasteiger partial charge is 0.327 e. The Bertz CT molecular complexity index is 348. The van der Waals surface area contributed by atoms with Gasteiger partial charge in [-0.05, 0) is 25.0 Å². The molecule has 1 rings (SSSR count). The molecular weight excluding hydrogens is 200 g/mol. The fourth-order valence-electron chi connectivity index (χ4n) is 1.62. The first-order valence-corrected chi connectivity index (χ1v) is 5.76. The van der Waals surface area contributed by atoms with Gasteiger partial charge in [0.25, 0.3) is 0 Å². The Labute approximate surface area is 97.0 Å². The molecule has 3 heteroatoms. The van der Waals surface area contributed by atoms with E-state index in [2.05, 4.69) is 12.2 Å². The highest BCUT2D eigenvalue weighted by atomic mass is 16.1. The van der Waals surface area contributed by atoms with Gasteiger partial charge >= 0.3 is 0 Å². The fraction of sp³-hybridized carbons (Fsp3) is 0.462. The molecule has 3 nitrogen and oxygen atoms in total. The summed E-state index contributed by atoms with van der Waals surface area (Å²) in [7, 11) is 0. The second-order valence-electron chi connectivity index (χ2n) is 4.14. The second kappa shape index (κ2) is 6.28. The van der Waals surface area contributed by atoms with Gasteiger partial charge in [0.2, 0.25) is 5.91 Å². The van der Waals surface area contributed by atoms with E-state index < -0.39 is 0 Å². The van der Waals surface area contributed by atoms with Crippen LogP contribution in [0.2, 0.25) is 0 Å². The van der Waals surface area contributed by atoms with Crippen molar-refractivity contribution in [3.8, 4) is 0 Å². The van der Waals surface area contributed by atoms with Gasteiger partial charge in [0.05, 0.1) is 0 Å². The predicted octanol–water partition coefficient (Wildman–Crippen LogP) is 2.31. The van der Waals surface area contributed by atoms with E-state index in [-0.39, 0.29) is 11.9 Å². The lowest BCUT2D eigenvalue weighted by atomic mass is 10.1. The minimum atomic E-state index is -0.0988. The van der Waals surface area contributed by atoms with E-state index in [0.717, 1.165) is 18.5 Å². The average Bonchev–Trinajstić information content (AvgIpc) is 2.20. The molecule has 1 atom stereocenters. The van der Waals surface area contributed by atoms with Crippen molar-refractivity contribution in [3.05, 3.63) is 29.8 Å². The molecule has 0 heterocycles. The maximum atomic E-state index is 11.6. The van der Waals surface area contributed by atoms with Gasteiger partial charge < -0.3 is 11.1 Å². The minimum Gasteiger partial charge on any atom is -0.327 e.